The van der Waals surface area contributed by atoms with Gasteiger partial charge in [-0.15, -0.1) is 0 Å². The first-order chi connectivity index (χ1) is 9.25. The smallest absolute Gasteiger partial charge is 0.0570 e. The number of rotatable bonds is 3. The number of nitrogens with zero attached hydrogens (tertiary/aromatic N) is 3. The summed E-state index contributed by atoms with van der Waals surface area (Å²) in [6, 6.07) is 4.51. The van der Waals surface area contributed by atoms with Crippen molar-refractivity contribution in [2.24, 2.45) is 7.05 Å². The zero-order valence-corrected chi connectivity index (χ0v) is 11.6. The first-order valence-electron chi connectivity index (χ1n) is 6.90. The van der Waals surface area contributed by atoms with Crippen LogP contribution in [0.1, 0.15) is 41.4 Å². The van der Waals surface area contributed by atoms with Crippen molar-refractivity contribution in [3.8, 4) is 0 Å². The number of fused-ring (bicyclic) bond motifs is 1. The summed E-state index contributed by atoms with van der Waals surface area (Å²) in [6.07, 6.45) is 7.43. The highest BCUT2D eigenvalue weighted by molar-refractivity contribution is 5.25. The number of hydrogen-bond acceptors (Lipinski definition) is 3. The highest BCUT2D eigenvalue weighted by atomic mass is 15.3. The normalized spacial score (nSPS) is 18.3. The van der Waals surface area contributed by atoms with Crippen LogP contribution in [-0.4, -0.2) is 14.8 Å². The quantitative estimate of drug-likeness (QED) is 0.916. The van der Waals surface area contributed by atoms with Gasteiger partial charge in [-0.25, -0.2) is 0 Å². The Kier molecular flexibility index (Phi) is 3.34. The Morgan fingerprint density at radius 2 is 2.37 bits per heavy atom. The van der Waals surface area contributed by atoms with Gasteiger partial charge in [-0.3, -0.25) is 9.67 Å². The van der Waals surface area contributed by atoms with E-state index in [1.807, 2.05) is 30.2 Å². The van der Waals surface area contributed by atoms with Crippen LogP contribution in [0, 0.1) is 6.92 Å². The molecule has 1 atom stereocenters. The van der Waals surface area contributed by atoms with Crippen LogP contribution in [0.25, 0.3) is 0 Å². The van der Waals surface area contributed by atoms with Crippen LogP contribution in [0.3, 0.4) is 0 Å². The minimum absolute atomic E-state index is 0.416. The SMILES string of the molecule is Cc1cccnc1CNC1CCCc2c1cnn2C. The fourth-order valence-electron chi connectivity index (χ4n) is 2.84. The number of nitrogens with one attached hydrogen (secondary N) is 1. The molecule has 0 bridgehead atoms. The van der Waals surface area contributed by atoms with Crippen molar-refractivity contribution >= 4 is 0 Å². The molecule has 0 amide bonds. The van der Waals surface area contributed by atoms with Crippen molar-refractivity contribution in [1.29, 1.82) is 0 Å². The number of pyridine rings is 1. The minimum Gasteiger partial charge on any atom is -0.304 e. The molecule has 0 aromatic carbocycles. The lowest BCUT2D eigenvalue weighted by Crippen LogP contribution is -2.25. The molecule has 0 spiro atoms. The van der Waals surface area contributed by atoms with Crippen molar-refractivity contribution < 1.29 is 0 Å². The molecular formula is C15H20N4. The van der Waals surface area contributed by atoms with Gasteiger partial charge in [0.2, 0.25) is 0 Å². The van der Waals surface area contributed by atoms with E-state index in [0.29, 0.717) is 6.04 Å². The molecule has 0 aliphatic heterocycles. The van der Waals surface area contributed by atoms with E-state index in [1.54, 1.807) is 0 Å². The summed E-state index contributed by atoms with van der Waals surface area (Å²) in [5.74, 6) is 0. The first kappa shape index (κ1) is 12.4. The summed E-state index contributed by atoms with van der Waals surface area (Å²) < 4.78 is 2.01. The molecule has 2 aromatic heterocycles. The molecule has 0 fully saturated rings. The van der Waals surface area contributed by atoms with Gasteiger partial charge in [0.25, 0.3) is 0 Å². The zero-order valence-electron chi connectivity index (χ0n) is 11.6. The monoisotopic (exact) mass is 256 g/mol. The molecule has 4 nitrogen and oxygen atoms in total. The number of aryl methyl sites for hydroxylation is 2. The first-order valence-corrected chi connectivity index (χ1v) is 6.90. The van der Waals surface area contributed by atoms with Crippen LogP contribution in [0.4, 0.5) is 0 Å². The molecule has 2 aromatic rings. The van der Waals surface area contributed by atoms with E-state index in [-0.39, 0.29) is 0 Å². The highest BCUT2D eigenvalue weighted by Gasteiger charge is 2.22. The molecule has 0 radical (unpaired) electrons. The van der Waals surface area contributed by atoms with Crippen LogP contribution in [0.2, 0.25) is 0 Å². The third-order valence-electron chi connectivity index (χ3n) is 4.01. The second-order valence-corrected chi connectivity index (χ2v) is 5.26. The van der Waals surface area contributed by atoms with Gasteiger partial charge in [-0.05, 0) is 37.8 Å². The van der Waals surface area contributed by atoms with Crippen LogP contribution < -0.4 is 5.32 Å². The zero-order chi connectivity index (χ0) is 13.2. The van der Waals surface area contributed by atoms with E-state index in [4.69, 9.17) is 0 Å². The summed E-state index contributed by atoms with van der Waals surface area (Å²) in [4.78, 5) is 4.44. The lowest BCUT2D eigenvalue weighted by molar-refractivity contribution is 0.449. The summed E-state index contributed by atoms with van der Waals surface area (Å²) in [5, 5.41) is 8.01. The predicted octanol–water partition coefficient (Wildman–Crippen LogP) is 2.29. The standard InChI is InChI=1S/C15H20N4/c1-11-5-4-8-16-14(11)10-17-13-6-3-7-15-12(13)9-18-19(15)2/h4-5,8-9,13,17H,3,6-7,10H2,1-2H3. The van der Waals surface area contributed by atoms with Crippen molar-refractivity contribution in [2.45, 2.75) is 38.8 Å². The largest absolute Gasteiger partial charge is 0.304 e. The van der Waals surface area contributed by atoms with Crippen LogP contribution in [0.5, 0.6) is 0 Å². The van der Waals surface area contributed by atoms with Gasteiger partial charge in [0.05, 0.1) is 11.9 Å². The summed E-state index contributed by atoms with van der Waals surface area (Å²) in [6.45, 7) is 2.94. The molecule has 1 aliphatic rings. The van der Waals surface area contributed by atoms with Gasteiger partial charge in [0, 0.05) is 37.1 Å². The van der Waals surface area contributed by atoms with Gasteiger partial charge < -0.3 is 5.32 Å². The Labute approximate surface area is 113 Å². The highest BCUT2D eigenvalue weighted by Crippen LogP contribution is 2.29. The van der Waals surface area contributed by atoms with Crippen molar-refractivity contribution in [3.05, 3.63) is 47.0 Å². The molecule has 100 valence electrons. The van der Waals surface area contributed by atoms with E-state index in [9.17, 15) is 0 Å². The van der Waals surface area contributed by atoms with Gasteiger partial charge in [0.1, 0.15) is 0 Å². The van der Waals surface area contributed by atoms with Gasteiger partial charge in [-0.2, -0.15) is 5.10 Å². The molecule has 3 rings (SSSR count). The molecular weight excluding hydrogens is 236 g/mol. The lowest BCUT2D eigenvalue weighted by atomic mass is 9.93. The van der Waals surface area contributed by atoms with Crippen molar-refractivity contribution in [3.63, 3.8) is 0 Å². The average Bonchev–Trinajstić information content (AvgIpc) is 2.81. The molecule has 1 unspecified atom stereocenters. The van der Waals surface area contributed by atoms with Gasteiger partial charge in [0.15, 0.2) is 0 Å². The maximum absolute atomic E-state index is 4.44. The summed E-state index contributed by atoms with van der Waals surface area (Å²) in [7, 11) is 2.03. The molecule has 1 aliphatic carbocycles. The Morgan fingerprint density at radius 1 is 1.47 bits per heavy atom. The van der Waals surface area contributed by atoms with Gasteiger partial charge in [-0.1, -0.05) is 6.07 Å². The third kappa shape index (κ3) is 2.40. The van der Waals surface area contributed by atoms with Gasteiger partial charge >= 0.3 is 0 Å². The molecule has 2 heterocycles. The molecule has 4 heteroatoms. The van der Waals surface area contributed by atoms with E-state index in [2.05, 4.69) is 28.4 Å². The van der Waals surface area contributed by atoms with Crippen LogP contribution in [-0.2, 0) is 20.0 Å². The topological polar surface area (TPSA) is 42.7 Å². The van der Waals surface area contributed by atoms with Crippen molar-refractivity contribution in [1.82, 2.24) is 20.1 Å². The third-order valence-corrected chi connectivity index (χ3v) is 4.01. The Bertz CT molecular complexity index is 573. The van der Waals surface area contributed by atoms with Crippen molar-refractivity contribution in [2.75, 3.05) is 0 Å². The summed E-state index contributed by atoms with van der Waals surface area (Å²) >= 11 is 0. The molecule has 0 saturated carbocycles. The van der Waals surface area contributed by atoms with E-state index in [1.165, 1.54) is 29.7 Å². The maximum atomic E-state index is 4.44. The maximum Gasteiger partial charge on any atom is 0.0570 e. The van der Waals surface area contributed by atoms with Crippen LogP contribution in [0.15, 0.2) is 24.5 Å². The Hall–Kier alpha value is -1.68. The molecule has 19 heavy (non-hydrogen) atoms. The fourth-order valence-corrected chi connectivity index (χ4v) is 2.84. The second-order valence-electron chi connectivity index (χ2n) is 5.26. The van der Waals surface area contributed by atoms with E-state index < -0.39 is 0 Å². The van der Waals surface area contributed by atoms with Crippen LogP contribution >= 0.6 is 0 Å². The second kappa shape index (κ2) is 5.13. The van der Waals surface area contributed by atoms with E-state index in [0.717, 1.165) is 18.7 Å². The number of aromatic nitrogens is 3. The Balaban J connectivity index is 1.73. The average molecular weight is 256 g/mol. The minimum atomic E-state index is 0.416. The lowest BCUT2D eigenvalue weighted by Gasteiger charge is -2.24. The summed E-state index contributed by atoms with van der Waals surface area (Å²) in [5.41, 5.74) is 5.12. The van der Waals surface area contributed by atoms with E-state index >= 15 is 0 Å². The fraction of sp³-hybridized carbons (Fsp3) is 0.467. The molecule has 0 saturated heterocycles. The Morgan fingerprint density at radius 3 is 3.21 bits per heavy atom. The predicted molar refractivity (Wildman–Crippen MR) is 74.7 cm³/mol. The number of hydrogen-bond donors (Lipinski definition) is 1. The molecule has 1 N–H and O–H groups in total.